The maximum absolute atomic E-state index is 10.2. The Kier molecular flexibility index (Phi) is 7.94. The summed E-state index contributed by atoms with van der Waals surface area (Å²) in [5, 5.41) is 13.7. The third-order valence-corrected chi connectivity index (χ3v) is 8.13. The summed E-state index contributed by atoms with van der Waals surface area (Å²) in [4.78, 5) is 0. The Hall–Kier alpha value is -0.980. The second-order valence-electron chi connectivity index (χ2n) is 10.9. The van der Waals surface area contributed by atoms with Crippen molar-refractivity contribution in [2.45, 2.75) is 90.6 Å². The molecule has 5 nitrogen and oxygen atoms in total. The van der Waals surface area contributed by atoms with Gasteiger partial charge < -0.3 is 25.6 Å². The molecule has 1 saturated heterocycles. The fraction of sp³-hybridized carbons (Fsp3) is 0.778. The summed E-state index contributed by atoms with van der Waals surface area (Å²) in [5.41, 5.74) is 12.2. The molecule has 0 bridgehead atoms. The summed E-state index contributed by atoms with van der Waals surface area (Å²) in [6.07, 6.45) is 12.3. The van der Waals surface area contributed by atoms with Crippen molar-refractivity contribution in [1.82, 2.24) is 5.32 Å². The average Bonchev–Trinajstić information content (AvgIpc) is 3.02. The van der Waals surface area contributed by atoms with Gasteiger partial charge in [-0.1, -0.05) is 44.1 Å². The lowest BCUT2D eigenvalue weighted by Gasteiger charge is -2.43. The number of allylic oxidation sites excluding steroid dienone is 4. The van der Waals surface area contributed by atoms with E-state index in [1.165, 1.54) is 36.8 Å². The molecule has 1 heterocycles. The number of aliphatic hydroxyl groups excluding tert-OH is 1. The van der Waals surface area contributed by atoms with Gasteiger partial charge in [0.25, 0.3) is 0 Å². The largest absolute Gasteiger partial charge is 0.393 e. The van der Waals surface area contributed by atoms with Crippen LogP contribution in [0.15, 0.2) is 34.4 Å². The van der Waals surface area contributed by atoms with Crippen LogP contribution in [0.5, 0.6) is 0 Å². The molecule has 0 aromatic rings. The first-order valence-corrected chi connectivity index (χ1v) is 12.9. The molecule has 1 aliphatic heterocycles. The van der Waals surface area contributed by atoms with Crippen LogP contribution in [0.4, 0.5) is 0 Å². The predicted molar refractivity (Wildman–Crippen MR) is 129 cm³/mol. The van der Waals surface area contributed by atoms with Crippen LogP contribution in [0.2, 0.25) is 0 Å². The zero-order chi connectivity index (χ0) is 22.7. The quantitative estimate of drug-likeness (QED) is 0.489. The molecule has 0 aromatic carbocycles. The lowest BCUT2D eigenvalue weighted by Crippen LogP contribution is -2.40. The molecule has 5 unspecified atom stereocenters. The van der Waals surface area contributed by atoms with Crippen LogP contribution in [0.3, 0.4) is 0 Å². The molecule has 4 aliphatic rings. The van der Waals surface area contributed by atoms with Crippen LogP contribution in [0.25, 0.3) is 0 Å². The summed E-state index contributed by atoms with van der Waals surface area (Å²) in [6, 6.07) is 0. The van der Waals surface area contributed by atoms with Gasteiger partial charge in [0.15, 0.2) is 6.29 Å². The summed E-state index contributed by atoms with van der Waals surface area (Å²) < 4.78 is 12.6. The zero-order valence-corrected chi connectivity index (χ0v) is 20.4. The fourth-order valence-corrected chi connectivity index (χ4v) is 6.28. The Labute approximate surface area is 194 Å². The van der Waals surface area contributed by atoms with Gasteiger partial charge in [-0.3, -0.25) is 0 Å². The van der Waals surface area contributed by atoms with E-state index in [1.54, 1.807) is 11.1 Å². The topological polar surface area (TPSA) is 76.7 Å². The highest BCUT2D eigenvalue weighted by atomic mass is 16.7. The molecule has 2 fully saturated rings. The molecular formula is C27H44N2O3. The van der Waals surface area contributed by atoms with Gasteiger partial charge in [0.05, 0.1) is 18.8 Å². The SMILES string of the molecule is CC(C)C1=C2C3=CC=C(CNCCCN)CC(OC4CC(O)CCO4)C3CCC2(C)CC1. The van der Waals surface area contributed by atoms with Crippen molar-refractivity contribution >= 4 is 0 Å². The van der Waals surface area contributed by atoms with Gasteiger partial charge in [0.1, 0.15) is 0 Å². The van der Waals surface area contributed by atoms with Crippen LogP contribution < -0.4 is 11.1 Å². The Morgan fingerprint density at radius 2 is 2.12 bits per heavy atom. The highest BCUT2D eigenvalue weighted by Gasteiger charge is 2.47. The molecule has 5 heteroatoms. The standard InChI is InChI=1S/C27H44N2O3/c1-18(2)21-7-10-27(3)11-8-22-23(26(21)27)6-5-19(17-29-13-4-12-28)15-24(22)32-25-16-20(30)9-14-31-25/h5-6,18,20,22,24-25,29-30H,4,7-17,28H2,1-3H3. The smallest absolute Gasteiger partial charge is 0.160 e. The molecule has 1 saturated carbocycles. The fourth-order valence-electron chi connectivity index (χ4n) is 6.28. The van der Waals surface area contributed by atoms with Gasteiger partial charge in [-0.15, -0.1) is 0 Å². The van der Waals surface area contributed by atoms with Gasteiger partial charge in [0, 0.05) is 18.9 Å². The number of fused-ring (bicyclic) bond motifs is 3. The third kappa shape index (κ3) is 5.23. The molecule has 32 heavy (non-hydrogen) atoms. The number of aliphatic hydroxyl groups is 1. The first kappa shape index (κ1) is 24.2. The molecule has 0 amide bonds. The van der Waals surface area contributed by atoms with Crippen LogP contribution in [0.1, 0.15) is 72.1 Å². The number of rotatable bonds is 8. The van der Waals surface area contributed by atoms with Crippen molar-refractivity contribution in [3.63, 3.8) is 0 Å². The van der Waals surface area contributed by atoms with Crippen LogP contribution >= 0.6 is 0 Å². The molecule has 4 rings (SSSR count). The number of nitrogens with one attached hydrogen (secondary N) is 1. The van der Waals surface area contributed by atoms with Crippen LogP contribution in [0, 0.1) is 17.3 Å². The first-order chi connectivity index (χ1) is 15.4. The lowest BCUT2D eigenvalue weighted by molar-refractivity contribution is -0.213. The monoisotopic (exact) mass is 444 g/mol. The molecule has 0 radical (unpaired) electrons. The van der Waals surface area contributed by atoms with E-state index >= 15 is 0 Å². The van der Waals surface area contributed by atoms with Gasteiger partial charge >= 0.3 is 0 Å². The minimum Gasteiger partial charge on any atom is -0.393 e. The summed E-state index contributed by atoms with van der Waals surface area (Å²) in [7, 11) is 0. The van der Waals surface area contributed by atoms with Crippen LogP contribution in [-0.2, 0) is 9.47 Å². The number of nitrogens with two attached hydrogens (primary N) is 1. The van der Waals surface area contributed by atoms with E-state index in [0.29, 0.717) is 36.7 Å². The van der Waals surface area contributed by atoms with E-state index < -0.39 is 0 Å². The van der Waals surface area contributed by atoms with E-state index in [1.807, 2.05) is 0 Å². The zero-order valence-electron chi connectivity index (χ0n) is 20.4. The second kappa shape index (κ2) is 10.5. The summed E-state index contributed by atoms with van der Waals surface area (Å²) >= 11 is 0. The number of ether oxygens (including phenoxy) is 2. The van der Waals surface area contributed by atoms with E-state index in [9.17, 15) is 5.11 Å². The maximum atomic E-state index is 10.2. The first-order valence-electron chi connectivity index (χ1n) is 12.9. The van der Waals surface area contributed by atoms with Crippen molar-refractivity contribution in [3.05, 3.63) is 34.4 Å². The lowest BCUT2D eigenvalue weighted by atomic mass is 9.64. The third-order valence-electron chi connectivity index (χ3n) is 8.13. The minimum absolute atomic E-state index is 0.0904. The van der Waals surface area contributed by atoms with Gasteiger partial charge in [-0.25, -0.2) is 0 Å². The maximum Gasteiger partial charge on any atom is 0.160 e. The Balaban J connectivity index is 1.62. The Morgan fingerprint density at radius 3 is 2.88 bits per heavy atom. The number of hydrogen-bond acceptors (Lipinski definition) is 5. The molecule has 0 spiro atoms. The molecular weight excluding hydrogens is 400 g/mol. The Bertz CT molecular complexity index is 756. The van der Waals surface area contributed by atoms with Crippen molar-refractivity contribution in [2.75, 3.05) is 26.2 Å². The number of hydrogen-bond donors (Lipinski definition) is 3. The van der Waals surface area contributed by atoms with Gasteiger partial charge in [-0.05, 0) is 80.5 Å². The van der Waals surface area contributed by atoms with Gasteiger partial charge in [-0.2, -0.15) is 0 Å². The van der Waals surface area contributed by atoms with Gasteiger partial charge in [0.2, 0.25) is 0 Å². The molecule has 3 aliphatic carbocycles. The van der Waals surface area contributed by atoms with E-state index in [4.69, 9.17) is 15.2 Å². The van der Waals surface area contributed by atoms with Crippen LogP contribution in [-0.4, -0.2) is 49.8 Å². The Morgan fingerprint density at radius 1 is 1.28 bits per heavy atom. The predicted octanol–water partition coefficient (Wildman–Crippen LogP) is 4.23. The average molecular weight is 445 g/mol. The van der Waals surface area contributed by atoms with Crippen molar-refractivity contribution in [1.29, 1.82) is 0 Å². The second-order valence-corrected chi connectivity index (χ2v) is 10.9. The van der Waals surface area contributed by atoms with Crippen molar-refractivity contribution in [2.24, 2.45) is 23.0 Å². The normalized spacial score (nSPS) is 35.3. The molecule has 0 aromatic heterocycles. The summed E-state index contributed by atoms with van der Waals surface area (Å²) in [6.45, 7) is 10.3. The molecule has 5 atom stereocenters. The highest BCUT2D eigenvalue weighted by Crippen LogP contribution is 2.58. The molecule has 4 N–H and O–H groups in total. The molecule has 180 valence electrons. The van der Waals surface area contributed by atoms with Crippen molar-refractivity contribution < 1.29 is 14.6 Å². The summed E-state index contributed by atoms with van der Waals surface area (Å²) in [5.74, 6) is 0.984. The van der Waals surface area contributed by atoms with Crippen molar-refractivity contribution in [3.8, 4) is 0 Å². The minimum atomic E-state index is -0.317. The highest BCUT2D eigenvalue weighted by molar-refractivity contribution is 5.50. The van der Waals surface area contributed by atoms with E-state index in [2.05, 4.69) is 38.2 Å². The van der Waals surface area contributed by atoms with E-state index in [-0.39, 0.29) is 18.5 Å². The van der Waals surface area contributed by atoms with E-state index in [0.717, 1.165) is 32.5 Å².